The first-order valence-electron chi connectivity index (χ1n) is 6.16. The SMILES string of the molecule is O=C(Nc1ccc(-c2cnco2)cc1)c1csc([N+](=O)[O-])c1. The van der Waals surface area contributed by atoms with E-state index >= 15 is 0 Å². The average Bonchev–Trinajstić information content (AvgIpc) is 3.20. The summed E-state index contributed by atoms with van der Waals surface area (Å²) in [4.78, 5) is 25.9. The molecule has 1 aromatic carbocycles. The number of carbonyl (C=O) groups excluding carboxylic acids is 1. The molecule has 0 aliphatic carbocycles. The van der Waals surface area contributed by atoms with Crippen molar-refractivity contribution in [1.29, 1.82) is 0 Å². The highest BCUT2D eigenvalue weighted by Crippen LogP contribution is 2.24. The van der Waals surface area contributed by atoms with Gasteiger partial charge in [0.2, 0.25) is 0 Å². The van der Waals surface area contributed by atoms with Crippen molar-refractivity contribution < 1.29 is 14.1 Å². The van der Waals surface area contributed by atoms with Crippen LogP contribution in [-0.2, 0) is 0 Å². The Morgan fingerprint density at radius 3 is 2.68 bits per heavy atom. The van der Waals surface area contributed by atoms with Crippen LogP contribution in [0.15, 0.2) is 52.7 Å². The number of oxazole rings is 1. The fourth-order valence-electron chi connectivity index (χ4n) is 1.82. The molecule has 0 aliphatic heterocycles. The Morgan fingerprint density at radius 1 is 1.32 bits per heavy atom. The molecule has 8 heteroatoms. The van der Waals surface area contributed by atoms with Gasteiger partial charge >= 0.3 is 5.00 Å². The van der Waals surface area contributed by atoms with Crippen LogP contribution in [0.3, 0.4) is 0 Å². The highest BCUT2D eigenvalue weighted by Gasteiger charge is 2.15. The highest BCUT2D eigenvalue weighted by atomic mass is 32.1. The summed E-state index contributed by atoms with van der Waals surface area (Å²) < 4.78 is 5.17. The zero-order valence-corrected chi connectivity index (χ0v) is 11.9. The van der Waals surface area contributed by atoms with Gasteiger partial charge in [0.1, 0.15) is 0 Å². The van der Waals surface area contributed by atoms with Gasteiger partial charge in [0.25, 0.3) is 5.91 Å². The second-order valence-corrected chi connectivity index (χ2v) is 5.22. The first kappa shape index (κ1) is 14.0. The summed E-state index contributed by atoms with van der Waals surface area (Å²) in [6, 6.07) is 8.26. The minimum Gasteiger partial charge on any atom is -0.444 e. The lowest BCUT2D eigenvalue weighted by molar-refractivity contribution is -0.380. The standard InChI is InChI=1S/C14H9N3O4S/c18-14(10-5-13(17(19)20)22-7-10)16-11-3-1-9(2-4-11)12-6-15-8-21-12/h1-8H,(H,16,18). The number of nitrogens with one attached hydrogen (secondary N) is 1. The molecule has 0 radical (unpaired) electrons. The van der Waals surface area contributed by atoms with E-state index in [2.05, 4.69) is 10.3 Å². The molecule has 1 amide bonds. The van der Waals surface area contributed by atoms with Gasteiger partial charge in [0.05, 0.1) is 16.7 Å². The molecule has 2 aromatic heterocycles. The zero-order valence-electron chi connectivity index (χ0n) is 11.1. The molecule has 0 unspecified atom stereocenters. The van der Waals surface area contributed by atoms with E-state index in [1.165, 1.54) is 17.8 Å². The van der Waals surface area contributed by atoms with E-state index in [0.717, 1.165) is 16.9 Å². The maximum absolute atomic E-state index is 12.0. The summed E-state index contributed by atoms with van der Waals surface area (Å²) in [7, 11) is 0. The predicted octanol–water partition coefficient (Wildman–Crippen LogP) is 3.56. The maximum Gasteiger partial charge on any atom is 0.324 e. The Balaban J connectivity index is 1.72. The second-order valence-electron chi connectivity index (χ2n) is 4.33. The predicted molar refractivity (Wildman–Crippen MR) is 80.9 cm³/mol. The third-order valence-electron chi connectivity index (χ3n) is 2.89. The molecule has 0 saturated heterocycles. The van der Waals surface area contributed by atoms with Gasteiger partial charge in [0, 0.05) is 22.7 Å². The summed E-state index contributed by atoms with van der Waals surface area (Å²) >= 11 is 0.918. The quantitative estimate of drug-likeness (QED) is 0.586. The largest absolute Gasteiger partial charge is 0.444 e. The smallest absolute Gasteiger partial charge is 0.324 e. The van der Waals surface area contributed by atoms with Gasteiger partial charge in [-0.2, -0.15) is 0 Å². The summed E-state index contributed by atoms with van der Waals surface area (Å²) in [6.07, 6.45) is 2.94. The normalized spacial score (nSPS) is 10.4. The summed E-state index contributed by atoms with van der Waals surface area (Å²) in [5.74, 6) is 0.239. The van der Waals surface area contributed by atoms with Crippen molar-refractivity contribution in [1.82, 2.24) is 4.98 Å². The number of thiophene rings is 1. The van der Waals surface area contributed by atoms with Crippen molar-refractivity contribution in [3.05, 3.63) is 64.0 Å². The first-order chi connectivity index (χ1) is 10.6. The Hall–Kier alpha value is -3.00. The molecule has 0 saturated carbocycles. The van der Waals surface area contributed by atoms with Crippen LogP contribution < -0.4 is 5.32 Å². The van der Waals surface area contributed by atoms with Crippen molar-refractivity contribution in [2.45, 2.75) is 0 Å². The number of carbonyl (C=O) groups is 1. The molecular formula is C14H9N3O4S. The first-order valence-corrected chi connectivity index (χ1v) is 7.04. The number of hydrogen-bond donors (Lipinski definition) is 1. The average molecular weight is 315 g/mol. The van der Waals surface area contributed by atoms with Gasteiger partial charge in [-0.05, 0) is 24.3 Å². The van der Waals surface area contributed by atoms with Gasteiger partial charge in [-0.3, -0.25) is 14.9 Å². The molecule has 22 heavy (non-hydrogen) atoms. The van der Waals surface area contributed by atoms with E-state index in [1.807, 2.05) is 0 Å². The maximum atomic E-state index is 12.0. The minimum absolute atomic E-state index is 0.0641. The van der Waals surface area contributed by atoms with Crippen molar-refractivity contribution in [3.8, 4) is 11.3 Å². The van der Waals surface area contributed by atoms with Crippen molar-refractivity contribution >= 4 is 27.9 Å². The van der Waals surface area contributed by atoms with Crippen LogP contribution in [-0.4, -0.2) is 15.8 Å². The van der Waals surface area contributed by atoms with E-state index < -0.39 is 10.8 Å². The lowest BCUT2D eigenvalue weighted by Gasteiger charge is -2.04. The molecule has 0 aliphatic rings. The Morgan fingerprint density at radius 2 is 2.09 bits per heavy atom. The number of benzene rings is 1. The molecular weight excluding hydrogens is 306 g/mol. The van der Waals surface area contributed by atoms with Gasteiger partial charge in [-0.1, -0.05) is 11.3 Å². The molecule has 2 heterocycles. The summed E-state index contributed by atoms with van der Waals surface area (Å²) in [5.41, 5.74) is 1.68. The molecule has 1 N–H and O–H groups in total. The molecule has 0 atom stereocenters. The molecule has 110 valence electrons. The van der Waals surface area contributed by atoms with Gasteiger partial charge in [-0.15, -0.1) is 0 Å². The van der Waals surface area contributed by atoms with Gasteiger partial charge < -0.3 is 9.73 Å². The lowest BCUT2D eigenvalue weighted by atomic mass is 10.1. The van der Waals surface area contributed by atoms with Crippen molar-refractivity contribution in [3.63, 3.8) is 0 Å². The Kier molecular flexibility index (Phi) is 3.67. The van der Waals surface area contributed by atoms with E-state index in [9.17, 15) is 14.9 Å². The molecule has 0 spiro atoms. The number of rotatable bonds is 4. The van der Waals surface area contributed by atoms with Crippen LogP contribution in [0.4, 0.5) is 10.7 Å². The molecule has 0 fully saturated rings. The number of anilines is 1. The van der Waals surface area contributed by atoms with Crippen LogP contribution in [0.5, 0.6) is 0 Å². The van der Waals surface area contributed by atoms with Crippen molar-refractivity contribution in [2.75, 3.05) is 5.32 Å². The number of nitro groups is 1. The number of aromatic nitrogens is 1. The summed E-state index contributed by atoms with van der Waals surface area (Å²) in [5, 5.41) is 14.7. The van der Waals surface area contributed by atoms with Crippen LogP contribution in [0.2, 0.25) is 0 Å². The lowest BCUT2D eigenvalue weighted by Crippen LogP contribution is -2.10. The third-order valence-corrected chi connectivity index (χ3v) is 3.77. The molecule has 0 bridgehead atoms. The Labute approximate surface area is 128 Å². The fraction of sp³-hybridized carbons (Fsp3) is 0. The monoisotopic (exact) mass is 315 g/mol. The van der Waals surface area contributed by atoms with E-state index in [-0.39, 0.29) is 10.6 Å². The Bertz CT molecular complexity index is 809. The fourth-order valence-corrected chi connectivity index (χ4v) is 2.52. The van der Waals surface area contributed by atoms with E-state index in [1.54, 1.807) is 30.5 Å². The number of hydrogen-bond acceptors (Lipinski definition) is 6. The minimum atomic E-state index is -0.520. The van der Waals surface area contributed by atoms with Crippen LogP contribution in [0.1, 0.15) is 10.4 Å². The van der Waals surface area contributed by atoms with Gasteiger partial charge in [0.15, 0.2) is 12.2 Å². The molecule has 3 aromatic rings. The van der Waals surface area contributed by atoms with Crippen LogP contribution >= 0.6 is 11.3 Å². The van der Waals surface area contributed by atoms with Crippen molar-refractivity contribution in [2.24, 2.45) is 0 Å². The topological polar surface area (TPSA) is 98.3 Å². The summed E-state index contributed by atoms with van der Waals surface area (Å²) in [6.45, 7) is 0. The highest BCUT2D eigenvalue weighted by molar-refractivity contribution is 7.13. The molecule has 3 rings (SSSR count). The van der Waals surface area contributed by atoms with E-state index in [4.69, 9.17) is 4.42 Å². The van der Waals surface area contributed by atoms with Crippen LogP contribution in [0.25, 0.3) is 11.3 Å². The number of nitrogens with zero attached hydrogens (tertiary/aromatic N) is 2. The molecule has 7 nitrogen and oxygen atoms in total. The van der Waals surface area contributed by atoms with E-state index in [0.29, 0.717) is 11.4 Å². The zero-order chi connectivity index (χ0) is 15.5. The second kappa shape index (κ2) is 5.78. The third kappa shape index (κ3) is 2.86. The van der Waals surface area contributed by atoms with Crippen LogP contribution in [0, 0.1) is 10.1 Å². The number of amides is 1. The van der Waals surface area contributed by atoms with Gasteiger partial charge in [-0.25, -0.2) is 4.98 Å².